The molecule has 1 N–H and O–H groups in total. The Labute approximate surface area is 132 Å². The lowest BCUT2D eigenvalue weighted by molar-refractivity contribution is -0.129. The molecule has 0 saturated heterocycles. The summed E-state index contributed by atoms with van der Waals surface area (Å²) in [5.41, 5.74) is 3.76. The Morgan fingerprint density at radius 1 is 1.26 bits per heavy atom. The number of amides is 1. The van der Waals surface area contributed by atoms with Crippen molar-refractivity contribution < 1.29 is 4.79 Å². The van der Waals surface area contributed by atoms with E-state index in [0.717, 1.165) is 11.3 Å². The average Bonchev–Trinajstić information content (AvgIpc) is 2.99. The van der Waals surface area contributed by atoms with Crippen LogP contribution in [0, 0.1) is 0 Å². The van der Waals surface area contributed by atoms with Crippen LogP contribution in [0.4, 0.5) is 0 Å². The summed E-state index contributed by atoms with van der Waals surface area (Å²) in [5.74, 6) is 0.0108. The third-order valence-electron chi connectivity index (χ3n) is 4.30. The normalized spacial score (nSPS) is 14.0. The molecule has 6 nitrogen and oxygen atoms in total. The van der Waals surface area contributed by atoms with Crippen LogP contribution < -0.4 is 5.56 Å². The summed E-state index contributed by atoms with van der Waals surface area (Å²) in [5, 5.41) is 3.13. The van der Waals surface area contributed by atoms with Crippen molar-refractivity contribution in [1.82, 2.24) is 19.5 Å². The molecule has 3 aromatic rings. The molecule has 2 aromatic heterocycles. The second kappa shape index (κ2) is 5.08. The van der Waals surface area contributed by atoms with E-state index >= 15 is 0 Å². The summed E-state index contributed by atoms with van der Waals surface area (Å²) >= 11 is 0. The van der Waals surface area contributed by atoms with Gasteiger partial charge in [-0.1, -0.05) is 30.3 Å². The molecule has 0 aliphatic carbocycles. The van der Waals surface area contributed by atoms with Crippen LogP contribution in [0.2, 0.25) is 0 Å². The summed E-state index contributed by atoms with van der Waals surface area (Å²) in [6, 6.07) is 11.7. The number of rotatable bonds is 1. The smallest absolute Gasteiger partial charge is 0.276 e. The number of carbonyl (C=O) groups is 1. The molecule has 1 aromatic carbocycles. The molecule has 4 rings (SSSR count). The minimum absolute atomic E-state index is 0.0108. The van der Waals surface area contributed by atoms with Gasteiger partial charge in [-0.2, -0.15) is 0 Å². The molecular weight excluding hydrogens is 292 g/mol. The van der Waals surface area contributed by atoms with Crippen molar-refractivity contribution in [2.45, 2.75) is 19.9 Å². The van der Waals surface area contributed by atoms with Gasteiger partial charge in [0.25, 0.3) is 5.56 Å². The molecule has 1 amide bonds. The zero-order chi connectivity index (χ0) is 16.0. The Hall–Kier alpha value is -2.89. The van der Waals surface area contributed by atoms with E-state index < -0.39 is 0 Å². The maximum Gasteiger partial charge on any atom is 0.276 e. The maximum absolute atomic E-state index is 12.7. The first-order valence-corrected chi connectivity index (χ1v) is 7.58. The standard InChI is InChI=1S/C17H16N4O2/c1-11(22)20-8-7-13-15(10-20)18-16-9-14(19-21(16)17(13)23)12-5-3-2-4-6-12/h2-6,9,19H,7-8,10H2,1H3. The van der Waals surface area contributed by atoms with Gasteiger partial charge in [-0.3, -0.25) is 14.7 Å². The van der Waals surface area contributed by atoms with Crippen molar-refractivity contribution >= 4 is 11.6 Å². The van der Waals surface area contributed by atoms with Gasteiger partial charge in [0, 0.05) is 25.1 Å². The van der Waals surface area contributed by atoms with Crippen LogP contribution in [-0.4, -0.2) is 31.9 Å². The summed E-state index contributed by atoms with van der Waals surface area (Å²) < 4.78 is 1.49. The first-order valence-electron chi connectivity index (χ1n) is 7.58. The van der Waals surface area contributed by atoms with Crippen LogP contribution in [0.1, 0.15) is 18.2 Å². The van der Waals surface area contributed by atoms with E-state index in [9.17, 15) is 9.59 Å². The summed E-state index contributed by atoms with van der Waals surface area (Å²) in [6.07, 6.45) is 0.545. The average molecular weight is 308 g/mol. The number of benzene rings is 1. The van der Waals surface area contributed by atoms with E-state index in [1.807, 2.05) is 36.4 Å². The van der Waals surface area contributed by atoms with Gasteiger partial charge in [0.2, 0.25) is 5.91 Å². The molecular formula is C17H16N4O2. The fraction of sp³-hybridized carbons (Fsp3) is 0.235. The molecule has 1 aliphatic rings. The van der Waals surface area contributed by atoms with Crippen molar-refractivity contribution in [1.29, 1.82) is 0 Å². The van der Waals surface area contributed by atoms with Crippen molar-refractivity contribution in [3.8, 4) is 11.3 Å². The minimum atomic E-state index is -0.0737. The monoisotopic (exact) mass is 308 g/mol. The zero-order valence-electron chi connectivity index (χ0n) is 12.7. The van der Waals surface area contributed by atoms with Gasteiger partial charge in [-0.15, -0.1) is 0 Å². The minimum Gasteiger partial charge on any atom is -0.337 e. The van der Waals surface area contributed by atoms with Gasteiger partial charge in [-0.25, -0.2) is 9.50 Å². The summed E-state index contributed by atoms with van der Waals surface area (Å²) in [6.45, 7) is 2.51. The molecule has 1 aliphatic heterocycles. The molecule has 6 heteroatoms. The highest BCUT2D eigenvalue weighted by Gasteiger charge is 2.23. The zero-order valence-corrected chi connectivity index (χ0v) is 12.7. The van der Waals surface area contributed by atoms with E-state index in [1.165, 1.54) is 4.52 Å². The molecule has 0 fully saturated rings. The molecule has 23 heavy (non-hydrogen) atoms. The van der Waals surface area contributed by atoms with Gasteiger partial charge < -0.3 is 4.90 Å². The SMILES string of the molecule is CC(=O)N1CCc2c(nc3cc(-c4ccccc4)[nH]n3c2=O)C1. The second-order valence-corrected chi connectivity index (χ2v) is 5.76. The van der Waals surface area contributed by atoms with Crippen molar-refractivity contribution in [3.63, 3.8) is 0 Å². The Morgan fingerprint density at radius 3 is 2.78 bits per heavy atom. The number of nitrogens with zero attached hydrogens (tertiary/aromatic N) is 3. The topological polar surface area (TPSA) is 70.5 Å². The van der Waals surface area contributed by atoms with Crippen molar-refractivity contribution in [2.24, 2.45) is 0 Å². The Morgan fingerprint density at radius 2 is 2.04 bits per heavy atom. The summed E-state index contributed by atoms with van der Waals surface area (Å²) in [7, 11) is 0. The Bertz CT molecular complexity index is 956. The van der Waals surface area contributed by atoms with E-state index in [2.05, 4.69) is 10.1 Å². The van der Waals surface area contributed by atoms with Gasteiger partial charge >= 0.3 is 0 Å². The second-order valence-electron chi connectivity index (χ2n) is 5.76. The number of aromatic nitrogens is 3. The predicted molar refractivity (Wildman–Crippen MR) is 86.0 cm³/mol. The van der Waals surface area contributed by atoms with Gasteiger partial charge in [0.1, 0.15) is 0 Å². The number of nitrogens with one attached hydrogen (secondary N) is 1. The number of carbonyl (C=O) groups excluding carboxylic acids is 1. The largest absolute Gasteiger partial charge is 0.337 e. The lowest BCUT2D eigenvalue weighted by Crippen LogP contribution is -2.38. The number of H-pyrrole nitrogens is 1. The van der Waals surface area contributed by atoms with E-state index in [0.29, 0.717) is 36.4 Å². The first kappa shape index (κ1) is 13.8. The molecule has 0 saturated carbocycles. The highest BCUT2D eigenvalue weighted by atomic mass is 16.2. The van der Waals surface area contributed by atoms with Crippen molar-refractivity contribution in [2.75, 3.05) is 6.54 Å². The molecule has 0 spiro atoms. The fourth-order valence-corrected chi connectivity index (χ4v) is 3.03. The molecule has 0 radical (unpaired) electrons. The van der Waals surface area contributed by atoms with Gasteiger partial charge in [0.15, 0.2) is 5.65 Å². The number of aromatic amines is 1. The molecule has 0 bridgehead atoms. The molecule has 0 unspecified atom stereocenters. The van der Waals surface area contributed by atoms with E-state index in [1.54, 1.807) is 11.8 Å². The van der Waals surface area contributed by atoms with Crippen LogP contribution in [-0.2, 0) is 17.8 Å². The van der Waals surface area contributed by atoms with Gasteiger partial charge in [-0.05, 0) is 12.0 Å². The third-order valence-corrected chi connectivity index (χ3v) is 4.30. The van der Waals surface area contributed by atoms with E-state index in [4.69, 9.17) is 0 Å². The predicted octanol–water partition coefficient (Wildman–Crippen LogP) is 1.59. The fourth-order valence-electron chi connectivity index (χ4n) is 3.03. The molecule has 0 atom stereocenters. The maximum atomic E-state index is 12.7. The quantitative estimate of drug-likeness (QED) is 0.742. The van der Waals surface area contributed by atoms with Crippen LogP contribution in [0.5, 0.6) is 0 Å². The van der Waals surface area contributed by atoms with Gasteiger partial charge in [0.05, 0.1) is 17.9 Å². The van der Waals surface area contributed by atoms with Crippen LogP contribution >= 0.6 is 0 Å². The number of hydrogen-bond acceptors (Lipinski definition) is 3. The van der Waals surface area contributed by atoms with Crippen molar-refractivity contribution in [3.05, 3.63) is 58.0 Å². The number of hydrogen-bond donors (Lipinski definition) is 1. The molecule has 116 valence electrons. The first-order chi connectivity index (χ1) is 11.1. The highest BCUT2D eigenvalue weighted by Crippen LogP contribution is 2.20. The Kier molecular flexibility index (Phi) is 3.04. The van der Waals surface area contributed by atoms with Crippen LogP contribution in [0.15, 0.2) is 41.2 Å². The van der Waals surface area contributed by atoms with Crippen LogP contribution in [0.25, 0.3) is 16.9 Å². The summed E-state index contributed by atoms with van der Waals surface area (Å²) in [4.78, 5) is 30.5. The lowest BCUT2D eigenvalue weighted by Gasteiger charge is -2.26. The third kappa shape index (κ3) is 2.23. The highest BCUT2D eigenvalue weighted by molar-refractivity contribution is 5.73. The van der Waals surface area contributed by atoms with E-state index in [-0.39, 0.29) is 11.5 Å². The lowest BCUT2D eigenvalue weighted by atomic mass is 10.1. The Balaban J connectivity index is 1.86. The van der Waals surface area contributed by atoms with Crippen LogP contribution in [0.3, 0.4) is 0 Å². The molecule has 3 heterocycles. The number of fused-ring (bicyclic) bond motifs is 2.